The molecule has 2 aromatic carbocycles. The first-order chi connectivity index (χ1) is 12.9. The number of carbonyl (C=O) groups is 2. The minimum absolute atomic E-state index is 0.220. The van der Waals surface area contributed by atoms with Crippen LogP contribution in [0.15, 0.2) is 48.5 Å². The quantitative estimate of drug-likeness (QED) is 0.770. The fourth-order valence-electron chi connectivity index (χ4n) is 2.52. The van der Waals surface area contributed by atoms with E-state index in [9.17, 15) is 14.0 Å². The molecule has 0 fully saturated rings. The summed E-state index contributed by atoms with van der Waals surface area (Å²) in [6.45, 7) is 1.60. The summed E-state index contributed by atoms with van der Waals surface area (Å²) in [6.07, 6.45) is 0. The number of carbonyl (C=O) groups excluding carboxylic acids is 2. The van der Waals surface area contributed by atoms with E-state index in [1.807, 2.05) is 12.1 Å². The van der Waals surface area contributed by atoms with Gasteiger partial charge in [-0.25, -0.2) is 4.39 Å². The van der Waals surface area contributed by atoms with E-state index in [0.717, 1.165) is 5.56 Å². The molecule has 2 rings (SSSR count). The largest absolute Gasteiger partial charge is 0.497 e. The normalized spacial score (nSPS) is 11.4. The van der Waals surface area contributed by atoms with Crippen LogP contribution in [0.4, 0.5) is 4.39 Å². The molecule has 6 nitrogen and oxygen atoms in total. The van der Waals surface area contributed by atoms with Gasteiger partial charge in [0.15, 0.2) is 6.61 Å². The maximum atomic E-state index is 13.0. The van der Waals surface area contributed by atoms with Gasteiger partial charge in [-0.3, -0.25) is 9.59 Å². The van der Waals surface area contributed by atoms with Crippen LogP contribution in [0.2, 0.25) is 0 Å². The number of nitrogens with one attached hydrogen (secondary N) is 1. The number of hydrogen-bond donors (Lipinski definition) is 1. The van der Waals surface area contributed by atoms with Crippen molar-refractivity contribution >= 4 is 11.8 Å². The molecule has 1 atom stereocenters. The Labute approximate surface area is 157 Å². The zero-order valence-electron chi connectivity index (χ0n) is 15.6. The smallest absolute Gasteiger partial charge is 0.261 e. The molecule has 0 saturated heterocycles. The molecule has 144 valence electrons. The number of ether oxygens (including phenoxy) is 2. The van der Waals surface area contributed by atoms with E-state index in [-0.39, 0.29) is 30.8 Å². The van der Waals surface area contributed by atoms with Crippen molar-refractivity contribution in [2.24, 2.45) is 0 Å². The first-order valence-electron chi connectivity index (χ1n) is 8.47. The number of likely N-dealkylation sites (N-methyl/N-ethyl adjacent to an activating group) is 1. The minimum atomic E-state index is -0.689. The molecular formula is C20H23FN2O4. The van der Waals surface area contributed by atoms with Crippen LogP contribution in [0.3, 0.4) is 0 Å². The van der Waals surface area contributed by atoms with Crippen LogP contribution in [-0.2, 0) is 16.1 Å². The highest BCUT2D eigenvalue weighted by Gasteiger charge is 2.26. The van der Waals surface area contributed by atoms with Crippen LogP contribution >= 0.6 is 0 Å². The van der Waals surface area contributed by atoms with Gasteiger partial charge in [0.1, 0.15) is 23.4 Å². The summed E-state index contributed by atoms with van der Waals surface area (Å²) in [5, 5.41) is 2.55. The van der Waals surface area contributed by atoms with Crippen molar-refractivity contribution in [1.29, 1.82) is 0 Å². The first-order valence-corrected chi connectivity index (χ1v) is 8.47. The van der Waals surface area contributed by atoms with Crippen LogP contribution in [0.5, 0.6) is 11.5 Å². The second-order valence-electron chi connectivity index (χ2n) is 5.91. The highest BCUT2D eigenvalue weighted by Crippen LogP contribution is 2.17. The third-order valence-electron chi connectivity index (χ3n) is 4.08. The molecule has 0 unspecified atom stereocenters. The van der Waals surface area contributed by atoms with Crippen molar-refractivity contribution < 1.29 is 23.5 Å². The van der Waals surface area contributed by atoms with Crippen molar-refractivity contribution in [3.05, 3.63) is 59.9 Å². The number of methoxy groups -OCH3 is 1. The number of amides is 2. The molecule has 0 aliphatic rings. The molecule has 0 aliphatic heterocycles. The van der Waals surface area contributed by atoms with Crippen molar-refractivity contribution in [3.63, 3.8) is 0 Å². The Morgan fingerprint density at radius 1 is 1.15 bits per heavy atom. The van der Waals surface area contributed by atoms with Crippen LogP contribution in [0.25, 0.3) is 0 Å². The summed E-state index contributed by atoms with van der Waals surface area (Å²) in [7, 11) is 3.08. The molecule has 1 N–H and O–H groups in total. The van der Waals surface area contributed by atoms with Gasteiger partial charge >= 0.3 is 0 Å². The van der Waals surface area contributed by atoms with Crippen LogP contribution in [0, 0.1) is 5.82 Å². The van der Waals surface area contributed by atoms with E-state index in [2.05, 4.69) is 5.32 Å². The lowest BCUT2D eigenvalue weighted by Gasteiger charge is -2.28. The monoisotopic (exact) mass is 374 g/mol. The standard InChI is InChI=1S/C20H23FN2O4/c1-14(20(25)22-2)23(12-15-5-4-6-18(11-15)26-3)19(24)13-27-17-9-7-16(21)8-10-17/h4-11,14H,12-13H2,1-3H3,(H,22,25)/t14-/m1/s1. The lowest BCUT2D eigenvalue weighted by molar-refractivity contribution is -0.142. The third-order valence-corrected chi connectivity index (χ3v) is 4.08. The van der Waals surface area contributed by atoms with E-state index < -0.39 is 6.04 Å². The maximum absolute atomic E-state index is 13.0. The molecule has 7 heteroatoms. The van der Waals surface area contributed by atoms with Crippen molar-refractivity contribution in [2.75, 3.05) is 20.8 Å². The van der Waals surface area contributed by atoms with Gasteiger partial charge in [0.25, 0.3) is 5.91 Å². The summed E-state index contributed by atoms with van der Waals surface area (Å²) in [6, 6.07) is 12.0. The second-order valence-corrected chi connectivity index (χ2v) is 5.91. The molecule has 0 heterocycles. The Morgan fingerprint density at radius 2 is 1.85 bits per heavy atom. The Balaban J connectivity index is 2.13. The third kappa shape index (κ3) is 5.70. The zero-order valence-corrected chi connectivity index (χ0v) is 15.6. The molecule has 2 aromatic rings. The number of halogens is 1. The Hall–Kier alpha value is -3.09. The lowest BCUT2D eigenvalue weighted by atomic mass is 10.1. The maximum Gasteiger partial charge on any atom is 0.261 e. The van der Waals surface area contributed by atoms with E-state index >= 15 is 0 Å². The van der Waals surface area contributed by atoms with E-state index in [1.165, 1.54) is 36.2 Å². The lowest BCUT2D eigenvalue weighted by Crippen LogP contribution is -2.48. The molecule has 0 aliphatic carbocycles. The van der Waals surface area contributed by atoms with Gasteiger partial charge in [-0.1, -0.05) is 12.1 Å². The summed E-state index contributed by atoms with van der Waals surface area (Å²) in [4.78, 5) is 26.2. The molecule has 0 radical (unpaired) electrons. The van der Waals surface area contributed by atoms with Gasteiger partial charge in [0, 0.05) is 13.6 Å². The number of rotatable bonds is 8. The van der Waals surface area contributed by atoms with Gasteiger partial charge in [-0.15, -0.1) is 0 Å². The predicted octanol–water partition coefficient (Wildman–Crippen LogP) is 2.38. The Morgan fingerprint density at radius 3 is 2.48 bits per heavy atom. The number of benzene rings is 2. The summed E-state index contributed by atoms with van der Waals surface area (Å²) >= 11 is 0. The van der Waals surface area contributed by atoms with Crippen LogP contribution in [-0.4, -0.2) is 43.5 Å². The molecule has 0 saturated carbocycles. The Bertz CT molecular complexity index is 780. The van der Waals surface area contributed by atoms with Crippen LogP contribution < -0.4 is 14.8 Å². The fourth-order valence-corrected chi connectivity index (χ4v) is 2.52. The molecule has 0 spiro atoms. The van der Waals surface area contributed by atoms with Gasteiger partial charge in [0.2, 0.25) is 5.91 Å². The summed E-state index contributed by atoms with van der Waals surface area (Å²) < 4.78 is 23.6. The Kier molecular flexibility index (Phi) is 7.16. The predicted molar refractivity (Wildman–Crippen MR) is 99.0 cm³/mol. The average molecular weight is 374 g/mol. The zero-order chi connectivity index (χ0) is 19.8. The number of hydrogen-bond acceptors (Lipinski definition) is 4. The number of nitrogens with zero attached hydrogens (tertiary/aromatic N) is 1. The highest BCUT2D eigenvalue weighted by atomic mass is 19.1. The van der Waals surface area contributed by atoms with Crippen molar-refractivity contribution in [2.45, 2.75) is 19.5 Å². The van der Waals surface area contributed by atoms with Crippen molar-refractivity contribution in [1.82, 2.24) is 10.2 Å². The van der Waals surface area contributed by atoms with E-state index in [0.29, 0.717) is 11.5 Å². The average Bonchev–Trinajstić information content (AvgIpc) is 2.70. The topological polar surface area (TPSA) is 67.9 Å². The fraction of sp³-hybridized carbons (Fsp3) is 0.300. The van der Waals surface area contributed by atoms with E-state index in [4.69, 9.17) is 9.47 Å². The highest BCUT2D eigenvalue weighted by molar-refractivity contribution is 5.87. The second kappa shape index (κ2) is 9.56. The summed E-state index contributed by atoms with van der Waals surface area (Å²) in [5.74, 6) is 0.00146. The SMILES string of the molecule is CNC(=O)[C@@H](C)N(Cc1cccc(OC)c1)C(=O)COc1ccc(F)cc1. The summed E-state index contributed by atoms with van der Waals surface area (Å²) in [5.41, 5.74) is 0.820. The molecule has 27 heavy (non-hydrogen) atoms. The van der Waals surface area contributed by atoms with Gasteiger partial charge in [-0.05, 0) is 48.9 Å². The van der Waals surface area contributed by atoms with Gasteiger partial charge in [0.05, 0.1) is 7.11 Å². The first kappa shape index (κ1) is 20.2. The molecule has 0 aromatic heterocycles. The van der Waals surface area contributed by atoms with E-state index in [1.54, 1.807) is 26.2 Å². The minimum Gasteiger partial charge on any atom is -0.497 e. The molecule has 0 bridgehead atoms. The van der Waals surface area contributed by atoms with Crippen molar-refractivity contribution in [3.8, 4) is 11.5 Å². The molecular weight excluding hydrogens is 351 g/mol. The van der Waals surface area contributed by atoms with Gasteiger partial charge < -0.3 is 19.7 Å². The van der Waals surface area contributed by atoms with Gasteiger partial charge in [-0.2, -0.15) is 0 Å². The van der Waals surface area contributed by atoms with Crippen LogP contribution in [0.1, 0.15) is 12.5 Å². The molecule has 2 amide bonds.